The minimum atomic E-state index is -0.109. The highest BCUT2D eigenvalue weighted by atomic mass is 35.5. The van der Waals surface area contributed by atoms with Crippen molar-refractivity contribution in [3.05, 3.63) is 83.8 Å². The van der Waals surface area contributed by atoms with Gasteiger partial charge >= 0.3 is 0 Å². The molecule has 0 fully saturated rings. The van der Waals surface area contributed by atoms with Crippen LogP contribution in [0.1, 0.15) is 5.56 Å². The molecule has 128 valence electrons. The van der Waals surface area contributed by atoms with Crippen molar-refractivity contribution in [1.82, 2.24) is 14.8 Å². The third-order valence-corrected chi connectivity index (χ3v) is 4.40. The van der Waals surface area contributed by atoms with Gasteiger partial charge in [0.2, 0.25) is 5.91 Å². The van der Waals surface area contributed by atoms with Gasteiger partial charge in [0, 0.05) is 28.5 Å². The molecule has 0 bridgehead atoms. The first-order valence-electron chi connectivity index (χ1n) is 8.12. The van der Waals surface area contributed by atoms with Gasteiger partial charge in [-0.15, -0.1) is 0 Å². The lowest BCUT2D eigenvalue weighted by Crippen LogP contribution is -2.14. The van der Waals surface area contributed by atoms with E-state index in [1.54, 1.807) is 23.1 Å². The van der Waals surface area contributed by atoms with Gasteiger partial charge < -0.3 is 5.32 Å². The van der Waals surface area contributed by atoms with Crippen LogP contribution < -0.4 is 5.32 Å². The van der Waals surface area contributed by atoms with Crippen LogP contribution >= 0.6 is 11.6 Å². The first-order valence-corrected chi connectivity index (χ1v) is 8.50. The highest BCUT2D eigenvalue weighted by Gasteiger charge is 2.08. The van der Waals surface area contributed by atoms with Crippen molar-refractivity contribution in [3.8, 4) is 5.69 Å². The number of anilines is 1. The fraction of sp³-hybridized carbons (Fsp3) is 0.0500. The predicted molar refractivity (Wildman–Crippen MR) is 103 cm³/mol. The minimum absolute atomic E-state index is 0.109. The Morgan fingerprint density at radius 2 is 1.88 bits per heavy atom. The molecule has 2 heterocycles. The highest BCUT2D eigenvalue weighted by molar-refractivity contribution is 6.31. The van der Waals surface area contributed by atoms with Gasteiger partial charge in [0.15, 0.2) is 0 Å². The summed E-state index contributed by atoms with van der Waals surface area (Å²) in [6, 6.07) is 16.8. The first-order chi connectivity index (χ1) is 12.7. The molecule has 0 aliphatic carbocycles. The molecule has 0 saturated heterocycles. The van der Waals surface area contributed by atoms with Crippen molar-refractivity contribution in [1.29, 1.82) is 0 Å². The highest BCUT2D eigenvalue weighted by Crippen LogP contribution is 2.18. The van der Waals surface area contributed by atoms with E-state index in [9.17, 15) is 4.79 Å². The van der Waals surface area contributed by atoms with Crippen molar-refractivity contribution in [2.75, 3.05) is 5.32 Å². The van der Waals surface area contributed by atoms with E-state index < -0.39 is 0 Å². The van der Waals surface area contributed by atoms with E-state index in [-0.39, 0.29) is 12.3 Å². The van der Waals surface area contributed by atoms with E-state index in [1.165, 1.54) is 0 Å². The Labute approximate surface area is 155 Å². The molecule has 5 nitrogen and oxygen atoms in total. The zero-order valence-electron chi connectivity index (χ0n) is 13.8. The Hall–Kier alpha value is -3.18. The molecule has 4 rings (SSSR count). The van der Waals surface area contributed by atoms with Gasteiger partial charge in [-0.25, -0.2) is 4.68 Å². The Bertz CT molecular complexity index is 1040. The van der Waals surface area contributed by atoms with Gasteiger partial charge in [0.05, 0.1) is 18.3 Å². The lowest BCUT2D eigenvalue weighted by molar-refractivity contribution is -0.115. The maximum atomic E-state index is 12.2. The maximum Gasteiger partial charge on any atom is 0.228 e. The summed E-state index contributed by atoms with van der Waals surface area (Å²) in [5, 5.41) is 9.00. The fourth-order valence-electron chi connectivity index (χ4n) is 2.72. The summed E-state index contributed by atoms with van der Waals surface area (Å²) in [6.07, 6.45) is 5.65. The van der Waals surface area contributed by atoms with Crippen LogP contribution in [0.4, 0.5) is 5.69 Å². The number of carbonyl (C=O) groups excluding carboxylic acids is 1. The van der Waals surface area contributed by atoms with E-state index in [0.29, 0.717) is 5.02 Å². The van der Waals surface area contributed by atoms with Crippen molar-refractivity contribution in [2.24, 2.45) is 0 Å². The third kappa shape index (κ3) is 3.43. The molecule has 2 aromatic heterocycles. The van der Waals surface area contributed by atoms with E-state index >= 15 is 0 Å². The molecular formula is C20H15ClN4O. The average Bonchev–Trinajstić information content (AvgIpc) is 3.08. The molecule has 0 saturated carbocycles. The summed E-state index contributed by atoms with van der Waals surface area (Å²) in [6.45, 7) is 0. The Balaban J connectivity index is 1.47. The lowest BCUT2D eigenvalue weighted by atomic mass is 10.1. The standard InChI is InChI=1S/C20H15ClN4O/c21-18-4-2-1-3-14(18)11-20(26)23-16-5-7-17(8-6-16)25-13-15-9-10-22-12-19(15)24-25/h1-10,12-13H,11H2,(H,23,26). The molecule has 0 aliphatic heterocycles. The van der Waals surface area contributed by atoms with Crippen LogP contribution in [-0.4, -0.2) is 20.7 Å². The van der Waals surface area contributed by atoms with E-state index in [2.05, 4.69) is 15.4 Å². The monoisotopic (exact) mass is 362 g/mol. The van der Waals surface area contributed by atoms with Crippen LogP contribution in [0.5, 0.6) is 0 Å². The van der Waals surface area contributed by atoms with Crippen LogP contribution in [0.25, 0.3) is 16.6 Å². The SMILES string of the molecule is O=C(Cc1ccccc1Cl)Nc1ccc(-n2cc3ccncc3n2)cc1. The zero-order chi connectivity index (χ0) is 17.9. The molecular weight excluding hydrogens is 348 g/mol. The van der Waals surface area contributed by atoms with Crippen molar-refractivity contribution in [3.63, 3.8) is 0 Å². The van der Waals surface area contributed by atoms with Crippen molar-refractivity contribution in [2.45, 2.75) is 6.42 Å². The van der Waals surface area contributed by atoms with Gasteiger partial charge in [-0.05, 0) is 42.0 Å². The number of amides is 1. The fourth-order valence-corrected chi connectivity index (χ4v) is 2.92. The third-order valence-electron chi connectivity index (χ3n) is 4.03. The second-order valence-corrected chi connectivity index (χ2v) is 6.28. The Kier molecular flexibility index (Phi) is 4.37. The number of hydrogen-bond donors (Lipinski definition) is 1. The second kappa shape index (κ2) is 6.98. The van der Waals surface area contributed by atoms with E-state index in [4.69, 9.17) is 11.6 Å². The molecule has 2 aromatic carbocycles. The molecule has 0 spiro atoms. The summed E-state index contributed by atoms with van der Waals surface area (Å²) < 4.78 is 1.79. The van der Waals surface area contributed by atoms with Gasteiger partial charge in [0.25, 0.3) is 0 Å². The molecule has 0 unspecified atom stereocenters. The van der Waals surface area contributed by atoms with Crippen molar-refractivity contribution >= 4 is 34.1 Å². The van der Waals surface area contributed by atoms with Gasteiger partial charge in [0.1, 0.15) is 5.52 Å². The van der Waals surface area contributed by atoms with Crippen LogP contribution in [0, 0.1) is 0 Å². The summed E-state index contributed by atoms with van der Waals surface area (Å²) in [7, 11) is 0. The number of fused-ring (bicyclic) bond motifs is 1. The topological polar surface area (TPSA) is 59.8 Å². The molecule has 1 N–H and O–H groups in total. The number of benzene rings is 2. The van der Waals surface area contributed by atoms with Crippen LogP contribution in [0.2, 0.25) is 5.02 Å². The molecule has 26 heavy (non-hydrogen) atoms. The Morgan fingerprint density at radius 1 is 1.08 bits per heavy atom. The molecule has 0 atom stereocenters. The van der Waals surface area contributed by atoms with Gasteiger partial charge in [-0.1, -0.05) is 29.8 Å². The van der Waals surface area contributed by atoms with Crippen LogP contribution in [0.15, 0.2) is 73.2 Å². The number of aromatic nitrogens is 3. The number of nitrogens with zero attached hydrogens (tertiary/aromatic N) is 3. The van der Waals surface area contributed by atoms with Gasteiger partial charge in [-0.3, -0.25) is 9.78 Å². The largest absolute Gasteiger partial charge is 0.326 e. The van der Waals surface area contributed by atoms with E-state index in [1.807, 2.05) is 54.7 Å². The molecule has 1 amide bonds. The maximum absolute atomic E-state index is 12.2. The minimum Gasteiger partial charge on any atom is -0.326 e. The quantitative estimate of drug-likeness (QED) is 0.590. The summed E-state index contributed by atoms with van der Waals surface area (Å²) in [5.41, 5.74) is 3.28. The summed E-state index contributed by atoms with van der Waals surface area (Å²) >= 11 is 6.10. The second-order valence-electron chi connectivity index (χ2n) is 5.87. The van der Waals surface area contributed by atoms with E-state index in [0.717, 1.165) is 27.8 Å². The zero-order valence-corrected chi connectivity index (χ0v) is 14.5. The van der Waals surface area contributed by atoms with Crippen LogP contribution in [-0.2, 0) is 11.2 Å². The summed E-state index contributed by atoms with van der Waals surface area (Å²) in [5.74, 6) is -0.109. The number of hydrogen-bond acceptors (Lipinski definition) is 3. The van der Waals surface area contributed by atoms with Crippen molar-refractivity contribution < 1.29 is 4.79 Å². The van der Waals surface area contributed by atoms with Crippen LogP contribution in [0.3, 0.4) is 0 Å². The number of pyridine rings is 1. The smallest absolute Gasteiger partial charge is 0.228 e. The molecule has 4 aromatic rings. The predicted octanol–water partition coefficient (Wildman–Crippen LogP) is 4.26. The molecule has 0 aliphatic rings. The summed E-state index contributed by atoms with van der Waals surface area (Å²) in [4.78, 5) is 16.3. The molecule has 6 heteroatoms. The van der Waals surface area contributed by atoms with Gasteiger partial charge in [-0.2, -0.15) is 5.10 Å². The number of nitrogens with one attached hydrogen (secondary N) is 1. The Morgan fingerprint density at radius 3 is 2.65 bits per heavy atom. The average molecular weight is 363 g/mol. The number of carbonyl (C=O) groups is 1. The normalized spacial score (nSPS) is 10.8. The lowest BCUT2D eigenvalue weighted by Gasteiger charge is -2.08. The molecule has 0 radical (unpaired) electrons. The number of rotatable bonds is 4. The first kappa shape index (κ1) is 16.3. The number of halogens is 1.